The molecule has 0 unspecified atom stereocenters. The highest BCUT2D eigenvalue weighted by Gasteiger charge is 2.33. The largest absolute Gasteiger partial charge is 0.497 e. The van der Waals surface area contributed by atoms with E-state index in [4.69, 9.17) is 10.5 Å². The maximum atomic E-state index is 13.1. The number of benzene rings is 1. The van der Waals surface area contributed by atoms with Gasteiger partial charge in [-0.25, -0.2) is 4.98 Å². The molecule has 24 heavy (non-hydrogen) atoms. The molecule has 0 bridgehead atoms. The zero-order valence-electron chi connectivity index (χ0n) is 12.5. The Morgan fingerprint density at radius 1 is 1.42 bits per heavy atom. The van der Waals surface area contributed by atoms with E-state index in [9.17, 15) is 18.0 Å². The Kier molecular flexibility index (Phi) is 7.00. The van der Waals surface area contributed by atoms with Gasteiger partial charge in [-0.05, 0) is 17.7 Å². The second kappa shape index (κ2) is 8.32. The number of nitrogens with one attached hydrogen (secondary N) is 1. The first kappa shape index (κ1) is 20.2. The van der Waals surface area contributed by atoms with Crippen molar-refractivity contribution in [1.29, 1.82) is 0 Å². The topological polar surface area (TPSA) is 77.2 Å². The van der Waals surface area contributed by atoms with E-state index in [1.165, 1.54) is 36.0 Å². The number of hydrogen-bond donors (Lipinski definition) is 2. The van der Waals surface area contributed by atoms with Crippen LogP contribution in [0.2, 0.25) is 0 Å². The van der Waals surface area contributed by atoms with E-state index in [-0.39, 0.29) is 42.5 Å². The number of nitrogens with two attached hydrogens (primary N) is 1. The van der Waals surface area contributed by atoms with E-state index in [0.717, 1.165) is 6.07 Å². The van der Waals surface area contributed by atoms with Crippen LogP contribution in [0.25, 0.3) is 0 Å². The van der Waals surface area contributed by atoms with Crippen molar-refractivity contribution in [2.24, 2.45) is 5.73 Å². The lowest BCUT2D eigenvalue weighted by atomic mass is 10.1. The molecule has 0 aliphatic heterocycles. The summed E-state index contributed by atoms with van der Waals surface area (Å²) < 4.78 is 44.0. The summed E-state index contributed by atoms with van der Waals surface area (Å²) in [7, 11) is 1.29. The Morgan fingerprint density at radius 3 is 2.67 bits per heavy atom. The molecule has 0 atom stereocenters. The van der Waals surface area contributed by atoms with Crippen molar-refractivity contribution in [2.75, 3.05) is 7.11 Å². The lowest BCUT2D eigenvalue weighted by Gasteiger charge is -2.14. The number of ether oxygens (including phenoxy) is 1. The molecular formula is C14H15ClF3N3O2S. The molecule has 132 valence electrons. The number of rotatable bonds is 5. The first-order valence-electron chi connectivity index (χ1n) is 6.52. The van der Waals surface area contributed by atoms with Gasteiger partial charge in [0.1, 0.15) is 16.5 Å². The number of aromatic nitrogens is 1. The van der Waals surface area contributed by atoms with Crippen molar-refractivity contribution in [2.45, 2.75) is 19.3 Å². The Labute approximate surface area is 146 Å². The van der Waals surface area contributed by atoms with E-state index < -0.39 is 17.6 Å². The van der Waals surface area contributed by atoms with Gasteiger partial charge in [-0.15, -0.1) is 23.7 Å². The molecule has 10 heteroatoms. The predicted molar refractivity (Wildman–Crippen MR) is 86.4 cm³/mol. The molecule has 1 heterocycles. The fourth-order valence-electron chi connectivity index (χ4n) is 1.88. The fourth-order valence-corrected chi connectivity index (χ4v) is 2.53. The molecule has 0 radical (unpaired) electrons. The number of amides is 1. The van der Waals surface area contributed by atoms with Crippen LogP contribution in [-0.4, -0.2) is 18.0 Å². The molecule has 0 saturated carbocycles. The number of methoxy groups -OCH3 is 1. The molecule has 1 amide bonds. The number of halogens is 4. The summed E-state index contributed by atoms with van der Waals surface area (Å²) in [5.74, 6) is -0.454. The average molecular weight is 382 g/mol. The molecule has 1 aromatic heterocycles. The van der Waals surface area contributed by atoms with Gasteiger partial charge in [-0.2, -0.15) is 13.2 Å². The van der Waals surface area contributed by atoms with Crippen molar-refractivity contribution >= 4 is 29.7 Å². The summed E-state index contributed by atoms with van der Waals surface area (Å²) in [4.78, 5) is 15.9. The second-order valence-corrected chi connectivity index (χ2v) is 5.48. The third-order valence-electron chi connectivity index (χ3n) is 3.02. The molecule has 0 saturated heterocycles. The van der Waals surface area contributed by atoms with Gasteiger partial charge in [0.25, 0.3) is 5.91 Å². The number of thiazole rings is 1. The fraction of sp³-hybridized carbons (Fsp3) is 0.286. The standard InChI is InChI=1S/C14H14F3N3O2S.ClH/c1-22-9-3-2-8(10(4-9)14(15,16)17)6-19-13(21)11-7-23-12(5-18)20-11;/h2-4,7H,5-6,18H2,1H3,(H,19,21);1H. The summed E-state index contributed by atoms with van der Waals surface area (Å²) >= 11 is 1.22. The van der Waals surface area contributed by atoms with Crippen LogP contribution in [0.15, 0.2) is 23.6 Å². The van der Waals surface area contributed by atoms with Crippen molar-refractivity contribution in [3.63, 3.8) is 0 Å². The minimum atomic E-state index is -4.54. The van der Waals surface area contributed by atoms with Crippen LogP contribution in [0.1, 0.15) is 26.6 Å². The van der Waals surface area contributed by atoms with Gasteiger partial charge in [0.05, 0.1) is 12.7 Å². The summed E-state index contributed by atoms with van der Waals surface area (Å²) in [6.45, 7) is -0.0677. The van der Waals surface area contributed by atoms with Crippen molar-refractivity contribution in [3.05, 3.63) is 45.4 Å². The summed E-state index contributed by atoms with van der Waals surface area (Å²) in [5.41, 5.74) is 4.64. The minimum absolute atomic E-state index is 0. The Morgan fingerprint density at radius 2 is 2.12 bits per heavy atom. The number of nitrogens with zero attached hydrogens (tertiary/aromatic N) is 1. The molecule has 0 spiro atoms. The second-order valence-electron chi connectivity index (χ2n) is 4.53. The van der Waals surface area contributed by atoms with Gasteiger partial charge in [0.15, 0.2) is 0 Å². The van der Waals surface area contributed by atoms with Crippen LogP contribution in [0.5, 0.6) is 5.75 Å². The number of alkyl halides is 3. The lowest BCUT2D eigenvalue weighted by Crippen LogP contribution is -2.25. The van der Waals surface area contributed by atoms with Crippen LogP contribution in [-0.2, 0) is 19.3 Å². The summed E-state index contributed by atoms with van der Waals surface area (Å²) in [6.07, 6.45) is -4.54. The van der Waals surface area contributed by atoms with Gasteiger partial charge in [0, 0.05) is 18.5 Å². The van der Waals surface area contributed by atoms with Gasteiger partial charge < -0.3 is 15.8 Å². The number of carbonyl (C=O) groups excluding carboxylic acids is 1. The van der Waals surface area contributed by atoms with Crippen LogP contribution >= 0.6 is 23.7 Å². The summed E-state index contributed by atoms with van der Waals surface area (Å²) in [5, 5.41) is 4.52. The van der Waals surface area contributed by atoms with Crippen molar-refractivity contribution in [3.8, 4) is 5.75 Å². The van der Waals surface area contributed by atoms with Gasteiger partial charge in [-0.1, -0.05) is 6.07 Å². The molecule has 5 nitrogen and oxygen atoms in total. The Balaban J connectivity index is 0.00000288. The summed E-state index contributed by atoms with van der Waals surface area (Å²) in [6, 6.07) is 3.58. The van der Waals surface area contributed by atoms with Crippen molar-refractivity contribution in [1.82, 2.24) is 10.3 Å². The highest BCUT2D eigenvalue weighted by molar-refractivity contribution is 7.09. The lowest BCUT2D eigenvalue weighted by molar-refractivity contribution is -0.138. The van der Waals surface area contributed by atoms with E-state index in [2.05, 4.69) is 10.3 Å². The monoisotopic (exact) mass is 381 g/mol. The highest BCUT2D eigenvalue weighted by Crippen LogP contribution is 2.34. The Bertz CT molecular complexity index is 707. The first-order valence-corrected chi connectivity index (χ1v) is 7.40. The highest BCUT2D eigenvalue weighted by atomic mass is 35.5. The first-order chi connectivity index (χ1) is 10.8. The molecule has 0 fully saturated rings. The van der Waals surface area contributed by atoms with E-state index in [0.29, 0.717) is 5.01 Å². The Hall–Kier alpha value is -1.84. The molecule has 2 aromatic rings. The van der Waals surface area contributed by atoms with Crippen LogP contribution < -0.4 is 15.8 Å². The van der Waals surface area contributed by atoms with E-state index in [1.807, 2.05) is 0 Å². The smallest absolute Gasteiger partial charge is 0.416 e. The zero-order chi connectivity index (χ0) is 17.0. The molecule has 0 aliphatic rings. The average Bonchev–Trinajstić information content (AvgIpc) is 3.00. The predicted octanol–water partition coefficient (Wildman–Crippen LogP) is 2.98. The van der Waals surface area contributed by atoms with E-state index in [1.54, 1.807) is 0 Å². The maximum Gasteiger partial charge on any atom is 0.416 e. The van der Waals surface area contributed by atoms with Crippen molar-refractivity contribution < 1.29 is 22.7 Å². The SMILES string of the molecule is COc1ccc(CNC(=O)c2csc(CN)n2)c(C(F)(F)F)c1.Cl. The van der Waals surface area contributed by atoms with Crippen LogP contribution in [0, 0.1) is 0 Å². The molecule has 0 aliphatic carbocycles. The quantitative estimate of drug-likeness (QED) is 0.834. The number of carbonyl (C=O) groups is 1. The normalized spacial score (nSPS) is 10.9. The van der Waals surface area contributed by atoms with Crippen LogP contribution in [0.4, 0.5) is 13.2 Å². The molecule has 1 aromatic carbocycles. The van der Waals surface area contributed by atoms with E-state index >= 15 is 0 Å². The number of hydrogen-bond acceptors (Lipinski definition) is 5. The molecule has 2 rings (SSSR count). The van der Waals surface area contributed by atoms with Crippen LogP contribution in [0.3, 0.4) is 0 Å². The zero-order valence-corrected chi connectivity index (χ0v) is 14.1. The van der Waals surface area contributed by atoms with Gasteiger partial charge >= 0.3 is 6.18 Å². The van der Waals surface area contributed by atoms with Gasteiger partial charge in [0.2, 0.25) is 0 Å². The third kappa shape index (κ3) is 4.83. The molecule has 3 N–H and O–H groups in total. The maximum absolute atomic E-state index is 13.1. The van der Waals surface area contributed by atoms with Gasteiger partial charge in [-0.3, -0.25) is 4.79 Å². The third-order valence-corrected chi connectivity index (χ3v) is 3.89. The molecular weight excluding hydrogens is 367 g/mol. The minimum Gasteiger partial charge on any atom is -0.497 e.